The average molecular weight is 535 g/mol. The van der Waals surface area contributed by atoms with Crippen molar-refractivity contribution in [2.75, 3.05) is 0 Å². The van der Waals surface area contributed by atoms with E-state index in [4.69, 9.17) is 4.74 Å². The predicted octanol–water partition coefficient (Wildman–Crippen LogP) is 5.81. The normalized spacial score (nSPS) is 29.5. The number of alkyl halides is 3. The number of ether oxygens (including phenoxy) is 1. The summed E-state index contributed by atoms with van der Waals surface area (Å²) < 4.78 is 51.0. The molecule has 1 N–H and O–H groups in total. The third-order valence-corrected chi connectivity index (χ3v) is 8.27. The zero-order valence-electron chi connectivity index (χ0n) is 22.9. The highest BCUT2D eigenvalue weighted by atomic mass is 19.4. The van der Waals surface area contributed by atoms with Crippen LogP contribution in [0.1, 0.15) is 84.0 Å². The molecule has 2 amide bonds. The fraction of sp³-hybridized carbons (Fsp3) is 0.621. The summed E-state index contributed by atoms with van der Waals surface area (Å²) >= 11 is 0. The molecule has 4 rings (SSSR count). The van der Waals surface area contributed by atoms with Crippen LogP contribution in [0.25, 0.3) is 0 Å². The minimum Gasteiger partial charge on any atom is -0.491 e. The van der Waals surface area contributed by atoms with E-state index in [1.54, 1.807) is 0 Å². The molecule has 0 saturated heterocycles. The molecule has 0 unspecified atom stereocenters. The Morgan fingerprint density at radius 3 is 2.29 bits per heavy atom. The third kappa shape index (κ3) is 4.73. The lowest BCUT2D eigenvalue weighted by atomic mass is 9.72. The third-order valence-electron chi connectivity index (χ3n) is 8.27. The summed E-state index contributed by atoms with van der Waals surface area (Å²) in [4.78, 5) is 42.0. The Labute approximate surface area is 222 Å². The van der Waals surface area contributed by atoms with Gasteiger partial charge in [0.15, 0.2) is 5.78 Å². The first-order chi connectivity index (χ1) is 17.6. The molecule has 3 aliphatic rings. The number of hydrogen-bond donors (Lipinski definition) is 1. The molecule has 1 saturated carbocycles. The van der Waals surface area contributed by atoms with Gasteiger partial charge >= 0.3 is 6.18 Å². The lowest BCUT2D eigenvalue weighted by molar-refractivity contribution is -0.192. The number of nitrogens with one attached hydrogen (secondary N) is 1. The van der Waals surface area contributed by atoms with Crippen molar-refractivity contribution in [1.82, 2.24) is 10.2 Å². The number of carbonyl (C=O) groups is 3. The Morgan fingerprint density at radius 1 is 1.08 bits per heavy atom. The molecule has 4 atom stereocenters. The molecule has 1 heterocycles. The van der Waals surface area contributed by atoms with Gasteiger partial charge in [0.1, 0.15) is 5.75 Å². The van der Waals surface area contributed by atoms with Crippen molar-refractivity contribution in [2.45, 2.75) is 97.5 Å². The quantitative estimate of drug-likeness (QED) is 0.517. The first-order valence-corrected chi connectivity index (χ1v) is 13.4. The maximum absolute atomic E-state index is 15.1. The van der Waals surface area contributed by atoms with Crippen molar-refractivity contribution >= 4 is 17.6 Å². The van der Waals surface area contributed by atoms with Gasteiger partial charge in [-0.1, -0.05) is 40.5 Å². The van der Waals surface area contributed by atoms with E-state index in [0.717, 1.165) is 12.8 Å². The zero-order valence-corrected chi connectivity index (χ0v) is 22.9. The van der Waals surface area contributed by atoms with E-state index in [2.05, 4.69) is 0 Å². The van der Waals surface area contributed by atoms with E-state index in [-0.39, 0.29) is 42.0 Å². The number of carbonyl (C=O) groups excluding carboxylic acids is 3. The van der Waals surface area contributed by atoms with Crippen LogP contribution in [0.2, 0.25) is 0 Å². The minimum atomic E-state index is -5.23. The number of allylic oxidation sites excluding steroid dienone is 1. The average Bonchev–Trinajstić information content (AvgIpc) is 3.03. The maximum atomic E-state index is 15.1. The summed E-state index contributed by atoms with van der Waals surface area (Å²) in [6.45, 7) is 11.3. The summed E-state index contributed by atoms with van der Waals surface area (Å²) in [5, 5.41) is 2.04. The molecule has 0 spiro atoms. The van der Waals surface area contributed by atoms with Crippen LogP contribution >= 0.6 is 0 Å². The summed E-state index contributed by atoms with van der Waals surface area (Å²) in [5.74, 6) is -2.50. The van der Waals surface area contributed by atoms with Crippen molar-refractivity contribution < 1.29 is 32.3 Å². The highest BCUT2D eigenvalue weighted by Crippen LogP contribution is 2.54. The van der Waals surface area contributed by atoms with Crippen LogP contribution in [0.4, 0.5) is 13.2 Å². The van der Waals surface area contributed by atoms with Crippen molar-refractivity contribution in [1.29, 1.82) is 0 Å². The highest BCUT2D eigenvalue weighted by molar-refractivity contribution is 6.14. The largest absolute Gasteiger partial charge is 0.491 e. The van der Waals surface area contributed by atoms with E-state index < -0.39 is 46.3 Å². The molecule has 0 bridgehead atoms. The van der Waals surface area contributed by atoms with Gasteiger partial charge in [-0.05, 0) is 68.2 Å². The van der Waals surface area contributed by atoms with Gasteiger partial charge < -0.3 is 15.0 Å². The number of benzene rings is 1. The Kier molecular flexibility index (Phi) is 7.21. The molecule has 1 aromatic rings. The molecular formula is C29H37F3N2O4. The fourth-order valence-electron chi connectivity index (χ4n) is 6.25. The van der Waals surface area contributed by atoms with Crippen LogP contribution in [0.15, 0.2) is 35.5 Å². The number of halogens is 3. The molecule has 0 radical (unpaired) electrons. The van der Waals surface area contributed by atoms with Crippen molar-refractivity contribution in [3.63, 3.8) is 0 Å². The van der Waals surface area contributed by atoms with E-state index in [0.29, 0.717) is 12.2 Å². The molecular weight excluding hydrogens is 497 g/mol. The maximum Gasteiger partial charge on any atom is 0.425 e. The smallest absolute Gasteiger partial charge is 0.425 e. The minimum absolute atomic E-state index is 0.0603. The second-order valence-electron chi connectivity index (χ2n) is 12.2. The summed E-state index contributed by atoms with van der Waals surface area (Å²) in [7, 11) is 0. The van der Waals surface area contributed by atoms with Crippen molar-refractivity contribution in [2.24, 2.45) is 17.3 Å². The van der Waals surface area contributed by atoms with Crippen LogP contribution in [-0.4, -0.2) is 46.4 Å². The van der Waals surface area contributed by atoms with E-state index >= 15 is 13.2 Å². The first kappa shape index (κ1) is 28.2. The van der Waals surface area contributed by atoms with E-state index in [9.17, 15) is 14.4 Å². The van der Waals surface area contributed by atoms with E-state index in [1.165, 1.54) is 29.2 Å². The van der Waals surface area contributed by atoms with Crippen molar-refractivity contribution in [3.8, 4) is 5.75 Å². The van der Waals surface area contributed by atoms with E-state index in [1.807, 2.05) is 46.9 Å². The van der Waals surface area contributed by atoms with Gasteiger partial charge in [-0.3, -0.25) is 14.4 Å². The summed E-state index contributed by atoms with van der Waals surface area (Å²) in [5.41, 5.74) is -4.62. The first-order valence-electron chi connectivity index (χ1n) is 13.4. The number of hydrogen-bond acceptors (Lipinski definition) is 4. The van der Waals surface area contributed by atoms with Gasteiger partial charge in [0, 0.05) is 23.7 Å². The highest BCUT2D eigenvalue weighted by Gasteiger charge is 2.72. The summed E-state index contributed by atoms with van der Waals surface area (Å²) in [6.07, 6.45) is -3.10. The molecule has 2 aliphatic carbocycles. The Hall–Kier alpha value is -2.84. The van der Waals surface area contributed by atoms with Gasteiger partial charge in [0.2, 0.25) is 5.54 Å². The van der Waals surface area contributed by atoms with Gasteiger partial charge in [-0.2, -0.15) is 13.2 Å². The number of nitrogens with zero attached hydrogens (tertiary/aromatic N) is 1. The van der Waals surface area contributed by atoms with Gasteiger partial charge in [0.25, 0.3) is 11.8 Å². The second-order valence-corrected chi connectivity index (χ2v) is 12.2. The van der Waals surface area contributed by atoms with Gasteiger partial charge in [0.05, 0.1) is 11.7 Å². The Bertz CT molecular complexity index is 1160. The molecule has 1 aliphatic heterocycles. The molecule has 6 nitrogen and oxygen atoms in total. The van der Waals surface area contributed by atoms with Crippen LogP contribution in [0.3, 0.4) is 0 Å². The molecule has 9 heteroatoms. The van der Waals surface area contributed by atoms with Gasteiger partial charge in [-0.25, -0.2) is 0 Å². The molecule has 1 aromatic carbocycles. The predicted molar refractivity (Wildman–Crippen MR) is 136 cm³/mol. The number of ketones is 1. The second kappa shape index (κ2) is 9.72. The van der Waals surface area contributed by atoms with Crippen molar-refractivity contribution in [3.05, 3.63) is 41.1 Å². The van der Waals surface area contributed by atoms with Crippen LogP contribution in [0.5, 0.6) is 5.75 Å². The molecule has 0 aromatic heterocycles. The zero-order chi connectivity index (χ0) is 28.2. The number of Topliss-reactive ketones (excluding diaryl/α,β-unsaturated/α-hetero) is 1. The fourth-order valence-corrected chi connectivity index (χ4v) is 6.25. The van der Waals surface area contributed by atoms with Gasteiger partial charge in [-0.15, -0.1) is 0 Å². The monoisotopic (exact) mass is 534 g/mol. The number of amides is 2. The number of rotatable bonds is 5. The van der Waals surface area contributed by atoms with Crippen LogP contribution in [0, 0.1) is 17.3 Å². The lowest BCUT2D eigenvalue weighted by Crippen LogP contribution is -2.67. The standard InChI is InChI=1S/C29H37F3N2O4/c1-16(2)38-20-12-10-19(11-13-20)25(36)33-28(29(30,31)32)24-22(14-27(5,6)15-23(24)35)34(26(28)37)21-9-7-8-17(3)18(21)4/h10-13,16-18,21H,7-9,14-15H2,1-6H3,(H,33,36)/t17-,18+,21+,28+/m0/s1. The lowest BCUT2D eigenvalue weighted by Gasteiger charge is -2.43. The SMILES string of the molecule is CC(C)Oc1ccc(C(=O)N[C@@]2(C(F)(F)F)C(=O)N([C@@H]3CCC[C@H](C)[C@H]3C)C3=C2C(=O)CC(C)(C)C3)cc1. The molecule has 38 heavy (non-hydrogen) atoms. The Balaban J connectivity index is 1.82. The molecule has 208 valence electrons. The Morgan fingerprint density at radius 2 is 1.71 bits per heavy atom. The van der Waals surface area contributed by atoms with Crippen LogP contribution < -0.4 is 10.1 Å². The topological polar surface area (TPSA) is 75.7 Å². The summed E-state index contributed by atoms with van der Waals surface area (Å²) in [6, 6.07) is 5.19. The molecule has 1 fully saturated rings. The van der Waals surface area contributed by atoms with Crippen LogP contribution in [-0.2, 0) is 9.59 Å².